The molecule has 0 aliphatic carbocycles. The van der Waals surface area contributed by atoms with Crippen molar-refractivity contribution in [1.29, 1.82) is 0 Å². The number of thiazole rings is 1. The molecule has 1 aromatic heterocycles. The van der Waals surface area contributed by atoms with Crippen LogP contribution in [0.15, 0.2) is 10.2 Å². The first-order valence-electron chi connectivity index (χ1n) is 5.31. The predicted molar refractivity (Wildman–Crippen MR) is 62.6 cm³/mol. The van der Waals surface area contributed by atoms with E-state index in [1.54, 1.807) is 17.2 Å². The van der Waals surface area contributed by atoms with E-state index in [0.717, 1.165) is 11.3 Å². The minimum absolute atomic E-state index is 0.118. The maximum atomic E-state index is 11.9. The topological polar surface area (TPSA) is 82.3 Å². The molecule has 0 bridgehead atoms. The lowest BCUT2D eigenvalue weighted by Gasteiger charge is -2.21. The van der Waals surface area contributed by atoms with Crippen LogP contribution >= 0.6 is 11.3 Å². The van der Waals surface area contributed by atoms with E-state index in [-0.39, 0.29) is 16.7 Å². The number of nitrogens with one attached hydrogen (secondary N) is 2. The number of hydrogen-bond donors (Lipinski definition) is 2. The molecule has 1 aliphatic heterocycles. The number of hydrogen-bond acceptors (Lipinski definition) is 4. The van der Waals surface area contributed by atoms with Gasteiger partial charge in [-0.25, -0.2) is 0 Å². The van der Waals surface area contributed by atoms with Crippen molar-refractivity contribution < 1.29 is 9.59 Å². The molecule has 1 atom stereocenters. The Hall–Kier alpha value is -1.63. The Labute approximate surface area is 102 Å². The highest BCUT2D eigenvalue weighted by atomic mass is 32.1. The lowest BCUT2D eigenvalue weighted by atomic mass is 10.3. The van der Waals surface area contributed by atoms with Crippen LogP contribution in [-0.4, -0.2) is 34.3 Å². The molecule has 0 saturated carbocycles. The van der Waals surface area contributed by atoms with E-state index in [0.29, 0.717) is 25.2 Å². The van der Waals surface area contributed by atoms with Crippen molar-refractivity contribution in [1.82, 2.24) is 15.2 Å². The number of amides is 2. The highest BCUT2D eigenvalue weighted by Gasteiger charge is 2.26. The molecule has 2 N–H and O–H groups in total. The Morgan fingerprint density at radius 3 is 2.88 bits per heavy atom. The van der Waals surface area contributed by atoms with Crippen LogP contribution in [0.5, 0.6) is 0 Å². The van der Waals surface area contributed by atoms with Gasteiger partial charge in [-0.2, -0.15) is 0 Å². The molecule has 0 radical (unpaired) electrons. The van der Waals surface area contributed by atoms with Crippen molar-refractivity contribution in [2.45, 2.75) is 25.9 Å². The number of nitrogens with zero attached hydrogens (tertiary/aromatic N) is 1. The Morgan fingerprint density at radius 2 is 2.24 bits per heavy atom. The van der Waals surface area contributed by atoms with Crippen LogP contribution in [0.3, 0.4) is 0 Å². The fourth-order valence-electron chi connectivity index (χ4n) is 1.75. The summed E-state index contributed by atoms with van der Waals surface area (Å²) in [6, 6.07) is -0.504. The summed E-state index contributed by atoms with van der Waals surface area (Å²) in [5.74, 6) is -0.241. The van der Waals surface area contributed by atoms with Gasteiger partial charge in [0.2, 0.25) is 11.8 Å². The van der Waals surface area contributed by atoms with E-state index in [2.05, 4.69) is 10.3 Å². The van der Waals surface area contributed by atoms with Crippen molar-refractivity contribution in [2.75, 3.05) is 6.54 Å². The van der Waals surface area contributed by atoms with Gasteiger partial charge in [0.05, 0.1) is 6.54 Å². The highest BCUT2D eigenvalue weighted by molar-refractivity contribution is 7.07. The summed E-state index contributed by atoms with van der Waals surface area (Å²) in [7, 11) is 0. The summed E-state index contributed by atoms with van der Waals surface area (Å²) in [5, 5.41) is 4.31. The molecule has 7 heteroatoms. The lowest BCUT2D eigenvalue weighted by molar-refractivity contribution is -0.133. The van der Waals surface area contributed by atoms with Gasteiger partial charge in [0.1, 0.15) is 6.04 Å². The standard InChI is InChI=1S/C10H13N3O3S/c1-6-9(15)13(3-2-8(14)11-6)4-7-5-17-10(16)12-7/h5-6H,2-4H2,1H3,(H,11,14)(H,12,16). The number of aromatic amines is 1. The fourth-order valence-corrected chi connectivity index (χ4v) is 2.32. The average Bonchev–Trinajstić information content (AvgIpc) is 2.64. The predicted octanol–water partition coefficient (Wildman–Crippen LogP) is -0.327. The largest absolute Gasteiger partial charge is 0.345 e. The van der Waals surface area contributed by atoms with E-state index in [1.807, 2.05) is 0 Å². The van der Waals surface area contributed by atoms with Gasteiger partial charge in [0.25, 0.3) is 0 Å². The fraction of sp³-hybridized carbons (Fsp3) is 0.500. The van der Waals surface area contributed by atoms with E-state index in [4.69, 9.17) is 0 Å². The zero-order chi connectivity index (χ0) is 12.4. The summed E-state index contributed by atoms with van der Waals surface area (Å²) in [6.45, 7) is 2.39. The van der Waals surface area contributed by atoms with Gasteiger partial charge in [-0.15, -0.1) is 0 Å². The first-order chi connectivity index (χ1) is 8.06. The summed E-state index contributed by atoms with van der Waals surface area (Å²) >= 11 is 1.07. The molecule has 1 unspecified atom stereocenters. The molecule has 1 aromatic rings. The van der Waals surface area contributed by atoms with Gasteiger partial charge >= 0.3 is 4.87 Å². The van der Waals surface area contributed by atoms with Gasteiger partial charge in [0.15, 0.2) is 0 Å². The van der Waals surface area contributed by atoms with Gasteiger partial charge in [-0.1, -0.05) is 11.3 Å². The Kier molecular flexibility index (Phi) is 3.28. The minimum Gasteiger partial charge on any atom is -0.345 e. The van der Waals surface area contributed by atoms with Crippen LogP contribution in [0.4, 0.5) is 0 Å². The summed E-state index contributed by atoms with van der Waals surface area (Å²) in [6.07, 6.45) is 0.296. The maximum absolute atomic E-state index is 11.9. The summed E-state index contributed by atoms with van der Waals surface area (Å²) in [5.41, 5.74) is 0.704. The van der Waals surface area contributed by atoms with Crippen molar-refractivity contribution in [3.63, 3.8) is 0 Å². The third-order valence-corrected chi connectivity index (χ3v) is 3.32. The van der Waals surface area contributed by atoms with Crippen LogP contribution in [0, 0.1) is 0 Å². The second-order valence-corrected chi connectivity index (χ2v) is 4.81. The van der Waals surface area contributed by atoms with Crippen LogP contribution in [-0.2, 0) is 16.1 Å². The van der Waals surface area contributed by atoms with Gasteiger partial charge in [-0.3, -0.25) is 14.4 Å². The first-order valence-corrected chi connectivity index (χ1v) is 6.19. The van der Waals surface area contributed by atoms with Crippen molar-refractivity contribution >= 4 is 23.2 Å². The molecule has 6 nitrogen and oxygen atoms in total. The monoisotopic (exact) mass is 255 g/mol. The number of aromatic nitrogens is 1. The smallest absolute Gasteiger partial charge is 0.304 e. The Balaban J connectivity index is 2.11. The second-order valence-electron chi connectivity index (χ2n) is 3.97. The van der Waals surface area contributed by atoms with Crippen LogP contribution in [0.25, 0.3) is 0 Å². The molecular weight excluding hydrogens is 242 g/mol. The quantitative estimate of drug-likeness (QED) is 0.759. The molecule has 0 spiro atoms. The molecule has 17 heavy (non-hydrogen) atoms. The molecular formula is C10H13N3O3S. The van der Waals surface area contributed by atoms with E-state index >= 15 is 0 Å². The molecule has 2 rings (SSSR count). The third kappa shape index (κ3) is 2.73. The van der Waals surface area contributed by atoms with Crippen LogP contribution in [0.1, 0.15) is 19.0 Å². The normalized spacial score (nSPS) is 21.2. The van der Waals surface area contributed by atoms with E-state index < -0.39 is 6.04 Å². The number of rotatable bonds is 2. The maximum Gasteiger partial charge on any atom is 0.304 e. The molecule has 1 saturated heterocycles. The molecule has 2 amide bonds. The lowest BCUT2D eigenvalue weighted by Crippen LogP contribution is -2.42. The van der Waals surface area contributed by atoms with Gasteiger partial charge in [-0.05, 0) is 6.92 Å². The summed E-state index contributed by atoms with van der Waals surface area (Å²) < 4.78 is 0. The van der Waals surface area contributed by atoms with Gasteiger partial charge in [0, 0.05) is 24.0 Å². The zero-order valence-electron chi connectivity index (χ0n) is 9.36. The molecule has 1 aliphatic rings. The SMILES string of the molecule is CC1NC(=O)CCN(Cc2csc(=O)[nH]2)C1=O. The molecule has 2 heterocycles. The molecule has 92 valence electrons. The van der Waals surface area contributed by atoms with E-state index in [9.17, 15) is 14.4 Å². The number of H-pyrrole nitrogens is 1. The Bertz CT molecular complexity index is 493. The van der Waals surface area contributed by atoms with Crippen molar-refractivity contribution in [3.8, 4) is 0 Å². The molecule has 1 fully saturated rings. The van der Waals surface area contributed by atoms with Crippen molar-refractivity contribution in [2.24, 2.45) is 0 Å². The van der Waals surface area contributed by atoms with Crippen molar-refractivity contribution in [3.05, 3.63) is 20.7 Å². The number of carbonyl (C=O) groups excluding carboxylic acids is 2. The van der Waals surface area contributed by atoms with E-state index in [1.165, 1.54) is 0 Å². The Morgan fingerprint density at radius 1 is 1.47 bits per heavy atom. The van der Waals surface area contributed by atoms with Gasteiger partial charge < -0.3 is 15.2 Å². The average molecular weight is 255 g/mol. The second kappa shape index (κ2) is 4.70. The zero-order valence-corrected chi connectivity index (χ0v) is 10.2. The number of carbonyl (C=O) groups is 2. The van der Waals surface area contributed by atoms with Crippen LogP contribution < -0.4 is 10.2 Å². The molecule has 0 aromatic carbocycles. The summed E-state index contributed by atoms with van der Waals surface area (Å²) in [4.78, 5) is 38.3. The first kappa shape index (κ1) is 11.8. The van der Waals surface area contributed by atoms with Crippen LogP contribution in [0.2, 0.25) is 0 Å². The third-order valence-electron chi connectivity index (χ3n) is 2.60. The minimum atomic E-state index is -0.504. The highest BCUT2D eigenvalue weighted by Crippen LogP contribution is 2.08.